The lowest BCUT2D eigenvalue weighted by Gasteiger charge is -2.25. The van der Waals surface area contributed by atoms with Crippen LogP contribution < -0.4 is 9.62 Å². The van der Waals surface area contributed by atoms with Gasteiger partial charge >= 0.3 is 0 Å². The molecular weight excluding hydrogens is 408 g/mol. The highest BCUT2D eigenvalue weighted by atomic mass is 32.2. The zero-order chi connectivity index (χ0) is 19.4. The molecule has 1 saturated heterocycles. The second-order valence-electron chi connectivity index (χ2n) is 6.03. The summed E-state index contributed by atoms with van der Waals surface area (Å²) in [7, 11) is -3.34. The number of ketones is 1. The van der Waals surface area contributed by atoms with Crippen LogP contribution in [0.25, 0.3) is 0 Å². The Morgan fingerprint density at radius 3 is 2.56 bits per heavy atom. The first kappa shape index (κ1) is 20.1. The third-order valence-electron chi connectivity index (χ3n) is 3.80. The zero-order valence-electron chi connectivity index (χ0n) is 14.9. The second-order valence-corrected chi connectivity index (χ2v) is 10.3. The maximum Gasteiger partial charge on any atom is 0.229 e. The van der Waals surface area contributed by atoms with Crippen LogP contribution in [-0.2, 0) is 14.8 Å². The van der Waals surface area contributed by atoms with Crippen molar-refractivity contribution in [1.29, 1.82) is 0 Å². The van der Waals surface area contributed by atoms with Crippen LogP contribution in [0.3, 0.4) is 0 Å². The van der Waals surface area contributed by atoms with Crippen LogP contribution >= 0.6 is 23.1 Å². The van der Waals surface area contributed by atoms with Crippen molar-refractivity contribution in [2.75, 3.05) is 42.2 Å². The van der Waals surface area contributed by atoms with Gasteiger partial charge in [0.15, 0.2) is 10.1 Å². The van der Waals surface area contributed by atoms with E-state index in [4.69, 9.17) is 4.74 Å². The number of ether oxygens (including phenoxy) is 1. The Bertz CT molecular complexity index is 893. The molecule has 2 heterocycles. The van der Waals surface area contributed by atoms with Gasteiger partial charge in [-0.15, -0.1) is 10.2 Å². The summed E-state index contributed by atoms with van der Waals surface area (Å²) in [4.78, 5) is 14.8. The molecule has 0 aliphatic carbocycles. The van der Waals surface area contributed by atoms with Crippen molar-refractivity contribution < 1.29 is 17.9 Å². The molecule has 27 heavy (non-hydrogen) atoms. The van der Waals surface area contributed by atoms with Gasteiger partial charge in [0, 0.05) is 24.3 Å². The number of anilines is 2. The third kappa shape index (κ3) is 5.64. The van der Waals surface area contributed by atoms with E-state index in [0.717, 1.165) is 28.8 Å². The Morgan fingerprint density at radius 2 is 1.93 bits per heavy atom. The maximum atomic E-state index is 12.6. The number of morpholine rings is 1. The average Bonchev–Trinajstić information content (AvgIpc) is 3.09. The van der Waals surface area contributed by atoms with Crippen LogP contribution in [0.5, 0.6) is 0 Å². The Kier molecular flexibility index (Phi) is 6.35. The lowest BCUT2D eigenvalue weighted by atomic mass is 10.1. The van der Waals surface area contributed by atoms with Crippen LogP contribution in [0.4, 0.5) is 10.8 Å². The molecule has 2 aromatic rings. The van der Waals surface area contributed by atoms with Gasteiger partial charge in [0.25, 0.3) is 0 Å². The van der Waals surface area contributed by atoms with Crippen molar-refractivity contribution in [2.45, 2.75) is 16.5 Å². The normalized spacial score (nSPS) is 16.1. The predicted octanol–water partition coefficient (Wildman–Crippen LogP) is 2.11. The lowest BCUT2D eigenvalue weighted by molar-refractivity contribution is 0.0994. The van der Waals surface area contributed by atoms with Gasteiger partial charge in [0.05, 0.1) is 24.7 Å². The fourth-order valence-electron chi connectivity index (χ4n) is 2.49. The molecule has 0 bridgehead atoms. The molecule has 1 N–H and O–H groups in total. The van der Waals surface area contributed by atoms with Crippen molar-refractivity contribution in [1.82, 2.24) is 10.2 Å². The van der Waals surface area contributed by atoms with Crippen LogP contribution in [0, 0.1) is 0 Å². The first-order valence-corrected chi connectivity index (χ1v) is 11.9. The molecule has 1 aromatic carbocycles. The van der Waals surface area contributed by atoms with E-state index in [2.05, 4.69) is 19.8 Å². The fourth-order valence-corrected chi connectivity index (χ4v) is 5.17. The van der Waals surface area contributed by atoms with Gasteiger partial charge in [0.2, 0.25) is 15.2 Å². The first-order chi connectivity index (χ1) is 12.8. The smallest absolute Gasteiger partial charge is 0.229 e. The summed E-state index contributed by atoms with van der Waals surface area (Å²) in [6.45, 7) is 4.77. The Hall–Kier alpha value is -1.69. The van der Waals surface area contributed by atoms with Crippen LogP contribution in [0.1, 0.15) is 17.3 Å². The topological polar surface area (TPSA) is 101 Å². The van der Waals surface area contributed by atoms with E-state index in [-0.39, 0.29) is 11.0 Å². The minimum absolute atomic E-state index is 0.0472. The Morgan fingerprint density at radius 1 is 1.26 bits per heavy atom. The SMILES string of the molecule is CC(Sc1nnc(N2CCOCC2)s1)C(=O)c1ccc(NS(C)(=O)=O)cc1. The number of benzene rings is 1. The fraction of sp³-hybridized carbons (Fsp3) is 0.438. The number of nitrogens with one attached hydrogen (secondary N) is 1. The molecule has 1 unspecified atom stereocenters. The summed E-state index contributed by atoms with van der Waals surface area (Å²) in [5.41, 5.74) is 0.945. The molecule has 0 spiro atoms. The minimum Gasteiger partial charge on any atom is -0.378 e. The van der Waals surface area contributed by atoms with Crippen LogP contribution in [-0.4, -0.2) is 62.2 Å². The number of nitrogens with zero attached hydrogens (tertiary/aromatic N) is 3. The lowest BCUT2D eigenvalue weighted by Crippen LogP contribution is -2.36. The summed E-state index contributed by atoms with van der Waals surface area (Å²) in [5, 5.41) is 8.91. The van der Waals surface area contributed by atoms with E-state index in [1.807, 2.05) is 6.92 Å². The number of hydrogen-bond acceptors (Lipinski definition) is 9. The summed E-state index contributed by atoms with van der Waals surface area (Å²) in [6, 6.07) is 6.39. The predicted molar refractivity (Wildman–Crippen MR) is 107 cm³/mol. The number of rotatable bonds is 7. The quantitative estimate of drug-likeness (QED) is 0.529. The summed E-state index contributed by atoms with van der Waals surface area (Å²) >= 11 is 2.84. The number of Topliss-reactive ketones (excluding diaryl/α,β-unsaturated/α-hetero) is 1. The standard InChI is InChI=1S/C16H20N4O4S3/c1-11(14(21)12-3-5-13(6-4-12)19-27(2,22)23)25-16-18-17-15(26-16)20-7-9-24-10-8-20/h3-6,11,19H,7-10H2,1-2H3. The summed E-state index contributed by atoms with van der Waals surface area (Å²) in [5.74, 6) is -0.0472. The molecule has 3 rings (SSSR count). The van der Waals surface area contributed by atoms with Gasteiger partial charge in [-0.05, 0) is 31.2 Å². The van der Waals surface area contributed by atoms with E-state index in [1.54, 1.807) is 24.3 Å². The Balaban J connectivity index is 1.61. The number of carbonyl (C=O) groups excluding carboxylic acids is 1. The van der Waals surface area contributed by atoms with Crippen molar-refractivity contribution in [3.8, 4) is 0 Å². The van der Waals surface area contributed by atoms with E-state index < -0.39 is 10.0 Å². The number of aromatic nitrogens is 2. The Labute approximate surface area is 166 Å². The third-order valence-corrected chi connectivity index (χ3v) is 6.57. The molecule has 1 atom stereocenters. The highest BCUT2D eigenvalue weighted by molar-refractivity contribution is 8.02. The average molecular weight is 429 g/mol. The molecule has 0 amide bonds. The number of carbonyl (C=O) groups is 1. The van der Waals surface area contributed by atoms with E-state index >= 15 is 0 Å². The van der Waals surface area contributed by atoms with E-state index in [1.165, 1.54) is 23.1 Å². The molecule has 11 heteroatoms. The molecule has 0 saturated carbocycles. The summed E-state index contributed by atoms with van der Waals surface area (Å²) < 4.78 is 30.9. The summed E-state index contributed by atoms with van der Waals surface area (Å²) in [6.07, 6.45) is 1.08. The van der Waals surface area contributed by atoms with Gasteiger partial charge in [-0.1, -0.05) is 23.1 Å². The van der Waals surface area contributed by atoms with Crippen molar-refractivity contribution in [2.24, 2.45) is 0 Å². The molecule has 8 nitrogen and oxygen atoms in total. The highest BCUT2D eigenvalue weighted by Crippen LogP contribution is 2.32. The molecule has 1 aliphatic heterocycles. The molecule has 1 aliphatic rings. The minimum atomic E-state index is -3.34. The van der Waals surface area contributed by atoms with Gasteiger partial charge in [0.1, 0.15) is 0 Å². The van der Waals surface area contributed by atoms with Gasteiger partial charge in [-0.3, -0.25) is 9.52 Å². The van der Waals surface area contributed by atoms with Crippen molar-refractivity contribution in [3.05, 3.63) is 29.8 Å². The van der Waals surface area contributed by atoms with Crippen molar-refractivity contribution in [3.63, 3.8) is 0 Å². The van der Waals surface area contributed by atoms with Crippen LogP contribution in [0.15, 0.2) is 28.6 Å². The van der Waals surface area contributed by atoms with E-state index in [9.17, 15) is 13.2 Å². The number of thioether (sulfide) groups is 1. The highest BCUT2D eigenvalue weighted by Gasteiger charge is 2.21. The maximum absolute atomic E-state index is 12.6. The van der Waals surface area contributed by atoms with Gasteiger partial charge in [-0.25, -0.2) is 8.42 Å². The molecule has 1 fully saturated rings. The zero-order valence-corrected chi connectivity index (χ0v) is 17.4. The second kappa shape index (κ2) is 8.55. The molecule has 0 radical (unpaired) electrons. The first-order valence-electron chi connectivity index (χ1n) is 8.27. The molecular formula is C16H20N4O4S3. The van der Waals surface area contributed by atoms with Crippen LogP contribution in [0.2, 0.25) is 0 Å². The number of hydrogen-bond donors (Lipinski definition) is 1. The monoisotopic (exact) mass is 428 g/mol. The van der Waals surface area contributed by atoms with Gasteiger partial charge < -0.3 is 9.64 Å². The van der Waals surface area contributed by atoms with Gasteiger partial charge in [-0.2, -0.15) is 0 Å². The molecule has 146 valence electrons. The molecule has 1 aromatic heterocycles. The van der Waals surface area contributed by atoms with Crippen molar-refractivity contribution >= 4 is 49.7 Å². The van der Waals surface area contributed by atoms with E-state index in [0.29, 0.717) is 24.5 Å². The number of sulfonamides is 1. The largest absolute Gasteiger partial charge is 0.378 e.